The summed E-state index contributed by atoms with van der Waals surface area (Å²) in [5.74, 6) is -0.764. The molecule has 5 heteroatoms. The molecule has 1 N–H and O–H groups in total. The van der Waals surface area contributed by atoms with Crippen LogP contribution in [0, 0.1) is 0 Å². The van der Waals surface area contributed by atoms with E-state index >= 15 is 0 Å². The summed E-state index contributed by atoms with van der Waals surface area (Å²) in [6.07, 6.45) is -3.98. The van der Waals surface area contributed by atoms with Gasteiger partial charge in [-0.1, -0.05) is 74.5 Å². The summed E-state index contributed by atoms with van der Waals surface area (Å²) in [4.78, 5) is 12.1. The van der Waals surface area contributed by atoms with E-state index in [-0.39, 0.29) is 12.1 Å². The molecule has 0 heterocycles. The van der Waals surface area contributed by atoms with E-state index in [2.05, 4.69) is 5.32 Å². The Morgan fingerprint density at radius 1 is 0.960 bits per heavy atom. The predicted molar refractivity (Wildman–Crippen MR) is 93.0 cm³/mol. The van der Waals surface area contributed by atoms with Crippen molar-refractivity contribution in [3.05, 3.63) is 77.9 Å². The zero-order valence-corrected chi connectivity index (χ0v) is 14.1. The van der Waals surface area contributed by atoms with Crippen molar-refractivity contribution in [2.75, 3.05) is 6.54 Å². The van der Waals surface area contributed by atoms with E-state index in [4.69, 9.17) is 0 Å². The molecule has 0 saturated carbocycles. The molecule has 0 spiro atoms. The van der Waals surface area contributed by atoms with E-state index in [1.807, 2.05) is 44.2 Å². The highest BCUT2D eigenvalue weighted by atomic mass is 19.4. The molecule has 0 atom stereocenters. The quantitative estimate of drug-likeness (QED) is 0.779. The number of alkyl halides is 3. The molecule has 132 valence electrons. The molecule has 0 fully saturated rings. The van der Waals surface area contributed by atoms with Crippen LogP contribution in [-0.4, -0.2) is 18.6 Å². The van der Waals surface area contributed by atoms with Crippen LogP contribution in [0.1, 0.15) is 25.0 Å². The molecule has 2 rings (SSSR count). The average Bonchev–Trinajstić information content (AvgIpc) is 2.58. The van der Waals surface area contributed by atoms with Gasteiger partial charge in [-0.25, -0.2) is 0 Å². The number of rotatable bonds is 5. The maximum atomic E-state index is 13.3. The number of allylic oxidation sites excluding steroid dienone is 1. The van der Waals surface area contributed by atoms with Gasteiger partial charge in [-0.05, 0) is 11.1 Å². The van der Waals surface area contributed by atoms with Crippen molar-refractivity contribution >= 4 is 11.5 Å². The Morgan fingerprint density at radius 3 is 2.00 bits per heavy atom. The lowest BCUT2D eigenvalue weighted by Gasteiger charge is -2.25. The highest BCUT2D eigenvalue weighted by Gasteiger charge is 2.35. The van der Waals surface area contributed by atoms with Crippen molar-refractivity contribution in [1.82, 2.24) is 5.32 Å². The van der Waals surface area contributed by atoms with Crippen molar-refractivity contribution < 1.29 is 18.0 Å². The Bertz CT molecular complexity index is 735. The van der Waals surface area contributed by atoms with Crippen LogP contribution in [0.15, 0.2) is 66.7 Å². The van der Waals surface area contributed by atoms with Gasteiger partial charge < -0.3 is 5.32 Å². The van der Waals surface area contributed by atoms with Gasteiger partial charge in [-0.3, -0.25) is 4.79 Å². The van der Waals surface area contributed by atoms with Gasteiger partial charge in [0.15, 0.2) is 0 Å². The SMILES string of the molecule is CC(C)(CNC(=O)/C=C(/c1ccccc1)C(F)(F)F)c1ccccc1. The van der Waals surface area contributed by atoms with E-state index < -0.39 is 23.1 Å². The number of amides is 1. The molecule has 0 radical (unpaired) electrons. The van der Waals surface area contributed by atoms with Gasteiger partial charge in [0.1, 0.15) is 0 Å². The Morgan fingerprint density at radius 2 is 1.48 bits per heavy atom. The second kappa shape index (κ2) is 7.55. The Hall–Kier alpha value is -2.56. The molecule has 0 bridgehead atoms. The van der Waals surface area contributed by atoms with Crippen LogP contribution in [0.2, 0.25) is 0 Å². The van der Waals surface area contributed by atoms with Crippen LogP contribution in [0.3, 0.4) is 0 Å². The number of carbonyl (C=O) groups excluding carboxylic acids is 1. The Kier molecular flexibility index (Phi) is 5.67. The summed E-state index contributed by atoms with van der Waals surface area (Å²) >= 11 is 0. The highest BCUT2D eigenvalue weighted by Crippen LogP contribution is 2.33. The Labute approximate surface area is 145 Å². The van der Waals surface area contributed by atoms with E-state index in [1.165, 1.54) is 24.3 Å². The minimum atomic E-state index is -4.60. The first kappa shape index (κ1) is 18.8. The molecule has 2 nitrogen and oxygen atoms in total. The predicted octanol–water partition coefficient (Wildman–Crippen LogP) is 4.73. The van der Waals surface area contributed by atoms with Crippen LogP contribution in [0.4, 0.5) is 13.2 Å². The van der Waals surface area contributed by atoms with Crippen LogP contribution in [0.25, 0.3) is 5.57 Å². The topological polar surface area (TPSA) is 29.1 Å². The summed E-state index contributed by atoms with van der Waals surface area (Å²) in [6, 6.07) is 16.8. The highest BCUT2D eigenvalue weighted by molar-refractivity contribution is 5.96. The molecule has 0 aliphatic rings. The average molecular weight is 347 g/mol. The third-order valence-corrected chi connectivity index (χ3v) is 3.93. The maximum Gasteiger partial charge on any atom is 0.417 e. The van der Waals surface area contributed by atoms with Crippen molar-refractivity contribution in [3.8, 4) is 0 Å². The lowest BCUT2D eigenvalue weighted by atomic mass is 9.84. The van der Waals surface area contributed by atoms with Crippen molar-refractivity contribution in [2.45, 2.75) is 25.4 Å². The Balaban J connectivity index is 2.15. The molecule has 0 aliphatic heterocycles. The molecular weight excluding hydrogens is 327 g/mol. The van der Waals surface area contributed by atoms with Gasteiger partial charge in [-0.15, -0.1) is 0 Å². The van der Waals surface area contributed by atoms with Crippen LogP contribution >= 0.6 is 0 Å². The molecule has 25 heavy (non-hydrogen) atoms. The summed E-state index contributed by atoms with van der Waals surface area (Å²) in [7, 11) is 0. The summed E-state index contributed by atoms with van der Waals surface area (Å²) in [6.45, 7) is 4.08. The molecule has 0 unspecified atom stereocenters. The fourth-order valence-electron chi connectivity index (χ4n) is 2.43. The minimum Gasteiger partial charge on any atom is -0.352 e. The normalized spacial score (nSPS) is 12.8. The number of nitrogens with one attached hydrogen (secondary N) is 1. The second-order valence-electron chi connectivity index (χ2n) is 6.39. The van der Waals surface area contributed by atoms with Crippen LogP contribution in [0.5, 0.6) is 0 Å². The number of halogens is 3. The van der Waals surface area contributed by atoms with Crippen molar-refractivity contribution in [3.63, 3.8) is 0 Å². The molecule has 0 saturated heterocycles. The van der Waals surface area contributed by atoms with E-state index in [0.717, 1.165) is 5.56 Å². The maximum absolute atomic E-state index is 13.3. The first-order valence-electron chi connectivity index (χ1n) is 7.88. The van der Waals surface area contributed by atoms with Gasteiger partial charge in [-0.2, -0.15) is 13.2 Å². The number of hydrogen-bond acceptors (Lipinski definition) is 1. The van der Waals surface area contributed by atoms with Gasteiger partial charge in [0.2, 0.25) is 5.91 Å². The first-order valence-corrected chi connectivity index (χ1v) is 7.88. The van der Waals surface area contributed by atoms with Crippen LogP contribution < -0.4 is 5.32 Å². The van der Waals surface area contributed by atoms with E-state index in [1.54, 1.807) is 6.07 Å². The van der Waals surface area contributed by atoms with Crippen molar-refractivity contribution in [2.24, 2.45) is 0 Å². The summed E-state index contributed by atoms with van der Waals surface area (Å²) in [5, 5.41) is 2.58. The van der Waals surface area contributed by atoms with Gasteiger partial charge in [0, 0.05) is 18.0 Å². The number of hydrogen-bond donors (Lipinski definition) is 1. The third kappa shape index (κ3) is 5.21. The second-order valence-corrected chi connectivity index (χ2v) is 6.39. The zero-order valence-electron chi connectivity index (χ0n) is 14.1. The zero-order chi connectivity index (χ0) is 18.5. The summed E-state index contributed by atoms with van der Waals surface area (Å²) in [5.41, 5.74) is -0.385. The first-order chi connectivity index (χ1) is 11.7. The van der Waals surface area contributed by atoms with E-state index in [0.29, 0.717) is 6.08 Å². The largest absolute Gasteiger partial charge is 0.417 e. The van der Waals surface area contributed by atoms with Gasteiger partial charge in [0.25, 0.3) is 0 Å². The van der Waals surface area contributed by atoms with Gasteiger partial charge in [0.05, 0.1) is 5.57 Å². The minimum absolute atomic E-state index is 0.0348. The smallest absolute Gasteiger partial charge is 0.352 e. The molecule has 1 amide bonds. The third-order valence-electron chi connectivity index (χ3n) is 3.93. The van der Waals surface area contributed by atoms with E-state index in [9.17, 15) is 18.0 Å². The van der Waals surface area contributed by atoms with Crippen LogP contribution in [-0.2, 0) is 10.2 Å². The molecule has 2 aromatic rings. The molecule has 0 aromatic heterocycles. The molecular formula is C20H20F3NO. The summed E-state index contributed by atoms with van der Waals surface area (Å²) < 4.78 is 39.8. The lowest BCUT2D eigenvalue weighted by Crippen LogP contribution is -2.36. The monoisotopic (exact) mass is 347 g/mol. The molecule has 2 aromatic carbocycles. The van der Waals surface area contributed by atoms with Crippen molar-refractivity contribution in [1.29, 1.82) is 0 Å². The number of carbonyl (C=O) groups is 1. The fourth-order valence-corrected chi connectivity index (χ4v) is 2.43. The number of benzene rings is 2. The fraction of sp³-hybridized carbons (Fsp3) is 0.250. The standard InChI is InChI=1S/C20H20F3NO/c1-19(2,16-11-7-4-8-12-16)14-24-18(25)13-17(20(21,22)23)15-9-5-3-6-10-15/h3-13H,14H2,1-2H3,(H,24,25)/b17-13-. The van der Waals surface area contributed by atoms with Gasteiger partial charge >= 0.3 is 6.18 Å². The molecule has 0 aliphatic carbocycles. The lowest BCUT2D eigenvalue weighted by molar-refractivity contribution is -0.117.